The molecule has 5 heteroatoms. The molecule has 2 aliphatic carbocycles. The van der Waals surface area contributed by atoms with Gasteiger partial charge in [0.05, 0.1) is 26.2 Å². The summed E-state index contributed by atoms with van der Waals surface area (Å²) < 4.78 is 7.39. The monoisotopic (exact) mass is 589 g/mol. The van der Waals surface area contributed by atoms with Crippen LogP contribution in [0.4, 0.5) is 0 Å². The second kappa shape index (κ2) is 11.6. The Morgan fingerprint density at radius 1 is 0.846 bits per heavy atom. The number of fused-ring (bicyclic) bond motifs is 2. The minimum Gasteiger partial charge on any atom is -1.00 e. The lowest BCUT2D eigenvalue weighted by Gasteiger charge is -2.47. The number of benzene rings is 3. The summed E-state index contributed by atoms with van der Waals surface area (Å²) >= 11 is 0. The zero-order valence-electron chi connectivity index (χ0n) is 22.8. The summed E-state index contributed by atoms with van der Waals surface area (Å²) in [6, 6.07) is 29.9. The predicted molar refractivity (Wildman–Crippen MR) is 149 cm³/mol. The van der Waals surface area contributed by atoms with E-state index in [1.165, 1.54) is 44.3 Å². The van der Waals surface area contributed by atoms with Crippen LogP contribution < -0.4 is 17.0 Å². The zero-order valence-corrected chi connectivity index (χ0v) is 24.4. The van der Waals surface area contributed by atoms with Crippen molar-refractivity contribution in [2.75, 3.05) is 20.1 Å². The molecule has 6 rings (SSSR count). The molecule has 0 amide bonds. The maximum atomic E-state index is 13.8. The molecule has 2 saturated carbocycles. The van der Waals surface area contributed by atoms with Gasteiger partial charge in [0, 0.05) is 11.8 Å². The summed E-state index contributed by atoms with van der Waals surface area (Å²) in [5, 5.41) is 11.9. The molecule has 1 aliphatic heterocycles. The van der Waals surface area contributed by atoms with Gasteiger partial charge in [0.1, 0.15) is 6.10 Å². The number of hydrogen-bond acceptors (Lipinski definition) is 3. The van der Waals surface area contributed by atoms with E-state index in [1.807, 2.05) is 60.7 Å². The Hall–Kier alpha value is -2.47. The van der Waals surface area contributed by atoms with Gasteiger partial charge in [0.25, 0.3) is 0 Å². The van der Waals surface area contributed by atoms with E-state index in [0.717, 1.165) is 23.2 Å². The van der Waals surface area contributed by atoms with E-state index in [2.05, 4.69) is 37.4 Å². The third-order valence-electron chi connectivity index (χ3n) is 9.93. The Balaban J connectivity index is 0.00000308. The van der Waals surface area contributed by atoms with Crippen LogP contribution in [0.2, 0.25) is 0 Å². The second-order valence-electron chi connectivity index (χ2n) is 12.2. The van der Waals surface area contributed by atoms with Crippen LogP contribution in [0, 0.1) is 17.8 Å². The fourth-order valence-corrected chi connectivity index (χ4v) is 7.99. The number of quaternary nitrogens is 1. The van der Waals surface area contributed by atoms with Crippen LogP contribution in [0.1, 0.15) is 48.8 Å². The van der Waals surface area contributed by atoms with Crippen LogP contribution in [-0.2, 0) is 21.6 Å². The molecular formula is C34H40BrNO3. The second-order valence-corrected chi connectivity index (χ2v) is 12.2. The molecule has 3 aromatic rings. The van der Waals surface area contributed by atoms with Gasteiger partial charge < -0.3 is 31.3 Å². The van der Waals surface area contributed by atoms with Crippen molar-refractivity contribution in [2.24, 2.45) is 17.8 Å². The van der Waals surface area contributed by atoms with Gasteiger partial charge in [-0.15, -0.1) is 0 Å². The number of hydrogen-bond donors (Lipinski definition) is 1. The first-order valence-electron chi connectivity index (χ1n) is 14.4. The molecule has 4 nitrogen and oxygen atoms in total. The number of halogens is 1. The molecule has 0 aromatic heterocycles. The first kappa shape index (κ1) is 28.1. The molecule has 1 heterocycles. The normalized spacial score (nSPS) is 29.9. The van der Waals surface area contributed by atoms with Crippen LogP contribution in [0.25, 0.3) is 0 Å². The number of carbonyl (C=O) groups is 1. The Morgan fingerprint density at radius 2 is 1.38 bits per heavy atom. The average Bonchev–Trinajstić information content (AvgIpc) is 3.54. The van der Waals surface area contributed by atoms with Crippen molar-refractivity contribution in [1.82, 2.24) is 0 Å². The Morgan fingerprint density at radius 3 is 1.95 bits per heavy atom. The SMILES string of the molecule is C[N+]1(C2[C@@H]3CC[C@@H]2[C@H](OC(=O)C(O)(c2ccccc2)c2ccccc2)C3)CCC(Cc2ccccc2)CC1.[Br-]. The van der Waals surface area contributed by atoms with Crippen molar-refractivity contribution in [3.8, 4) is 0 Å². The average molecular weight is 591 g/mol. The quantitative estimate of drug-likeness (QED) is 0.340. The fraction of sp³-hybridized carbons (Fsp3) is 0.441. The fourth-order valence-electron chi connectivity index (χ4n) is 7.99. The van der Waals surface area contributed by atoms with Gasteiger partial charge in [-0.25, -0.2) is 4.79 Å². The van der Waals surface area contributed by atoms with E-state index >= 15 is 0 Å². The van der Waals surface area contributed by atoms with Crippen LogP contribution in [-0.4, -0.2) is 47.8 Å². The van der Waals surface area contributed by atoms with Crippen molar-refractivity contribution in [3.05, 3.63) is 108 Å². The van der Waals surface area contributed by atoms with Crippen molar-refractivity contribution < 1.29 is 36.1 Å². The third-order valence-corrected chi connectivity index (χ3v) is 9.93. The van der Waals surface area contributed by atoms with Crippen LogP contribution in [0.3, 0.4) is 0 Å². The molecule has 0 spiro atoms. The van der Waals surface area contributed by atoms with Crippen molar-refractivity contribution >= 4 is 5.97 Å². The number of likely N-dealkylation sites (tertiary alicyclic amines) is 1. The van der Waals surface area contributed by atoms with Crippen LogP contribution >= 0.6 is 0 Å². The standard InChI is InChI=1S/C34H40NO3.BrH/c1-35(21-19-26(20-22-35)23-25-11-5-2-6-12-25)32-27-17-18-30(32)31(24-27)38-33(36)34(37,28-13-7-3-8-14-28)29-15-9-4-10-16-29;/h2-16,26-27,30-32,37H,17-24H2,1H3;1H/q+1;/p-1/t26?,27-,30-,31-,32?,35?;/m1./s1. The Labute approximate surface area is 243 Å². The first-order chi connectivity index (χ1) is 18.5. The highest BCUT2D eigenvalue weighted by Crippen LogP contribution is 2.52. The van der Waals surface area contributed by atoms with Gasteiger partial charge in [0.2, 0.25) is 5.60 Å². The summed E-state index contributed by atoms with van der Waals surface area (Å²) in [4.78, 5) is 13.8. The molecular weight excluding hydrogens is 550 g/mol. The molecule has 39 heavy (non-hydrogen) atoms. The summed E-state index contributed by atoms with van der Waals surface area (Å²) in [5.41, 5.74) is 0.741. The largest absolute Gasteiger partial charge is 1.00 e. The van der Waals surface area contributed by atoms with Crippen molar-refractivity contribution in [3.63, 3.8) is 0 Å². The number of carbonyl (C=O) groups excluding carboxylic acids is 1. The number of ether oxygens (including phenoxy) is 1. The molecule has 1 unspecified atom stereocenters. The lowest BCUT2D eigenvalue weighted by Crippen LogP contribution is -3.00. The van der Waals surface area contributed by atoms with Gasteiger partial charge in [0.15, 0.2) is 0 Å². The lowest BCUT2D eigenvalue weighted by atomic mass is 9.86. The third kappa shape index (κ3) is 5.33. The first-order valence-corrected chi connectivity index (χ1v) is 14.4. The summed E-state index contributed by atoms with van der Waals surface area (Å²) in [5.74, 6) is 1.17. The van der Waals surface area contributed by atoms with Gasteiger partial charge in [-0.2, -0.15) is 0 Å². The van der Waals surface area contributed by atoms with E-state index in [0.29, 0.717) is 29.0 Å². The van der Waals surface area contributed by atoms with Crippen LogP contribution in [0.15, 0.2) is 91.0 Å². The number of rotatable bonds is 7. The Kier molecular flexibility index (Phi) is 8.32. The Bertz CT molecular complexity index is 1190. The number of piperidine rings is 1. The molecule has 3 fully saturated rings. The topological polar surface area (TPSA) is 46.5 Å². The highest BCUT2D eigenvalue weighted by Gasteiger charge is 2.59. The maximum Gasteiger partial charge on any atom is 0.347 e. The van der Waals surface area contributed by atoms with E-state index < -0.39 is 11.6 Å². The highest BCUT2D eigenvalue weighted by molar-refractivity contribution is 5.85. The molecule has 1 saturated heterocycles. The molecule has 3 aliphatic rings. The molecule has 0 radical (unpaired) electrons. The number of nitrogens with zero attached hydrogens (tertiary/aromatic N) is 1. The maximum absolute atomic E-state index is 13.8. The van der Waals surface area contributed by atoms with Gasteiger partial charge >= 0.3 is 5.97 Å². The lowest BCUT2D eigenvalue weighted by molar-refractivity contribution is -0.943. The van der Waals surface area contributed by atoms with Gasteiger partial charge in [-0.1, -0.05) is 91.0 Å². The van der Waals surface area contributed by atoms with E-state index in [-0.39, 0.29) is 23.1 Å². The number of esters is 1. The molecule has 1 N–H and O–H groups in total. The summed E-state index contributed by atoms with van der Waals surface area (Å²) in [6.45, 7) is 2.40. The molecule has 206 valence electrons. The predicted octanol–water partition coefficient (Wildman–Crippen LogP) is 2.74. The van der Waals surface area contributed by atoms with Gasteiger partial charge in [-0.3, -0.25) is 0 Å². The highest BCUT2D eigenvalue weighted by atomic mass is 79.9. The van der Waals surface area contributed by atoms with E-state index in [1.54, 1.807) is 0 Å². The molecule has 2 bridgehead atoms. The van der Waals surface area contributed by atoms with Gasteiger partial charge in [-0.05, 0) is 61.1 Å². The smallest absolute Gasteiger partial charge is 0.347 e. The number of aliphatic hydroxyl groups is 1. The molecule has 3 aromatic carbocycles. The zero-order chi connectivity index (χ0) is 26.2. The minimum atomic E-state index is -1.81. The van der Waals surface area contributed by atoms with E-state index in [9.17, 15) is 9.90 Å². The summed E-state index contributed by atoms with van der Waals surface area (Å²) in [7, 11) is 2.45. The van der Waals surface area contributed by atoms with Crippen molar-refractivity contribution in [2.45, 2.75) is 56.3 Å². The molecule has 4 atom stereocenters. The minimum absolute atomic E-state index is 0. The van der Waals surface area contributed by atoms with Crippen molar-refractivity contribution in [1.29, 1.82) is 0 Å². The summed E-state index contributed by atoms with van der Waals surface area (Å²) in [6.07, 6.45) is 6.83. The van der Waals surface area contributed by atoms with E-state index in [4.69, 9.17) is 4.74 Å². The van der Waals surface area contributed by atoms with Crippen LogP contribution in [0.5, 0.6) is 0 Å².